The van der Waals surface area contributed by atoms with Gasteiger partial charge in [-0.1, -0.05) is 13.8 Å². The van der Waals surface area contributed by atoms with Crippen LogP contribution in [0.1, 0.15) is 20.3 Å². The zero-order valence-corrected chi connectivity index (χ0v) is 15.3. The lowest BCUT2D eigenvalue weighted by Crippen LogP contribution is -2.05. The number of hydrogen-bond acceptors (Lipinski definition) is 7. The summed E-state index contributed by atoms with van der Waals surface area (Å²) >= 11 is 0. The molecule has 0 aliphatic carbocycles. The van der Waals surface area contributed by atoms with Crippen LogP contribution in [0.15, 0.2) is 47.4 Å². The zero-order chi connectivity index (χ0) is 18.8. The van der Waals surface area contributed by atoms with Crippen LogP contribution in [-0.4, -0.2) is 31.4 Å². The van der Waals surface area contributed by atoms with E-state index in [2.05, 4.69) is 51.6 Å². The van der Waals surface area contributed by atoms with Gasteiger partial charge in [0.1, 0.15) is 5.52 Å². The predicted molar refractivity (Wildman–Crippen MR) is 105 cm³/mol. The number of benzene rings is 1. The molecule has 0 radical (unpaired) electrons. The average molecular weight is 363 g/mol. The van der Waals surface area contributed by atoms with Crippen LogP contribution in [0.3, 0.4) is 0 Å². The smallest absolute Gasteiger partial charge is 0.199 e. The number of aromatic nitrogens is 5. The summed E-state index contributed by atoms with van der Waals surface area (Å²) in [5.74, 6) is 1.44. The van der Waals surface area contributed by atoms with E-state index < -0.39 is 0 Å². The standard InChI is InChI=1S/C19H21N7O/c1-12(2)7-10-22-13-3-5-14(6-4-13)26-16-8-9-21-11-15(16)23-19(26)17-18(20)25-27-24-17/h3-6,8-9,11-12,22H,7,10H2,1-2H3,(H2,20,25). The molecule has 4 aromatic rings. The molecule has 0 atom stereocenters. The molecule has 8 nitrogen and oxygen atoms in total. The van der Waals surface area contributed by atoms with Crippen molar-refractivity contribution in [2.75, 3.05) is 17.6 Å². The molecule has 0 saturated heterocycles. The first-order valence-electron chi connectivity index (χ1n) is 8.88. The minimum atomic E-state index is 0.200. The van der Waals surface area contributed by atoms with E-state index in [0.29, 0.717) is 17.4 Å². The Bertz CT molecular complexity index is 1050. The van der Waals surface area contributed by atoms with Crippen LogP contribution in [-0.2, 0) is 0 Å². The third kappa shape index (κ3) is 3.33. The summed E-state index contributed by atoms with van der Waals surface area (Å²) in [7, 11) is 0. The van der Waals surface area contributed by atoms with E-state index in [1.807, 2.05) is 22.8 Å². The minimum absolute atomic E-state index is 0.200. The Morgan fingerprint density at radius 3 is 2.67 bits per heavy atom. The van der Waals surface area contributed by atoms with Crippen molar-refractivity contribution in [1.82, 2.24) is 24.8 Å². The first-order chi connectivity index (χ1) is 13.1. The number of imidazole rings is 1. The van der Waals surface area contributed by atoms with Crippen LogP contribution in [0.2, 0.25) is 0 Å². The maximum absolute atomic E-state index is 5.90. The van der Waals surface area contributed by atoms with E-state index in [1.54, 1.807) is 12.4 Å². The van der Waals surface area contributed by atoms with Crippen LogP contribution in [0, 0.1) is 5.92 Å². The van der Waals surface area contributed by atoms with Crippen molar-refractivity contribution in [3.05, 3.63) is 42.7 Å². The highest BCUT2D eigenvalue weighted by Gasteiger charge is 2.20. The van der Waals surface area contributed by atoms with E-state index in [0.717, 1.165) is 35.4 Å². The van der Waals surface area contributed by atoms with Gasteiger partial charge < -0.3 is 11.1 Å². The number of nitrogens with one attached hydrogen (secondary N) is 1. The Balaban J connectivity index is 1.74. The molecule has 0 amide bonds. The first kappa shape index (κ1) is 17.0. The molecule has 0 unspecified atom stereocenters. The Morgan fingerprint density at radius 2 is 1.96 bits per heavy atom. The van der Waals surface area contributed by atoms with Crippen molar-refractivity contribution in [2.45, 2.75) is 20.3 Å². The van der Waals surface area contributed by atoms with Crippen molar-refractivity contribution in [2.24, 2.45) is 5.92 Å². The lowest BCUT2D eigenvalue weighted by atomic mass is 10.1. The minimum Gasteiger partial charge on any atom is -0.385 e. The van der Waals surface area contributed by atoms with Gasteiger partial charge in [-0.2, -0.15) is 0 Å². The molecule has 4 rings (SSSR count). The Kier molecular flexibility index (Phi) is 4.45. The maximum Gasteiger partial charge on any atom is 0.199 e. The van der Waals surface area contributed by atoms with Crippen LogP contribution in [0.4, 0.5) is 11.5 Å². The fraction of sp³-hybridized carbons (Fsp3) is 0.263. The Labute approximate surface area is 156 Å². The van der Waals surface area contributed by atoms with Gasteiger partial charge in [0, 0.05) is 24.1 Å². The second-order valence-electron chi connectivity index (χ2n) is 6.79. The second-order valence-corrected chi connectivity index (χ2v) is 6.79. The number of anilines is 2. The highest BCUT2D eigenvalue weighted by molar-refractivity contribution is 5.83. The third-order valence-electron chi connectivity index (χ3n) is 4.36. The van der Waals surface area contributed by atoms with E-state index in [-0.39, 0.29) is 5.82 Å². The molecule has 8 heteroatoms. The van der Waals surface area contributed by atoms with Gasteiger partial charge in [-0.05, 0) is 53.0 Å². The van der Waals surface area contributed by atoms with Gasteiger partial charge in [0.25, 0.3) is 0 Å². The summed E-state index contributed by atoms with van der Waals surface area (Å²) in [6.07, 6.45) is 4.57. The van der Waals surface area contributed by atoms with Crippen LogP contribution in [0.25, 0.3) is 28.2 Å². The zero-order valence-electron chi connectivity index (χ0n) is 15.3. The molecule has 0 spiro atoms. The number of pyridine rings is 1. The molecule has 0 saturated carbocycles. The predicted octanol–water partition coefficient (Wildman–Crippen LogP) is 3.51. The van der Waals surface area contributed by atoms with Gasteiger partial charge in [0.2, 0.25) is 0 Å². The third-order valence-corrected chi connectivity index (χ3v) is 4.36. The molecular weight excluding hydrogens is 342 g/mol. The summed E-state index contributed by atoms with van der Waals surface area (Å²) in [4.78, 5) is 8.78. The van der Waals surface area contributed by atoms with Crippen LogP contribution < -0.4 is 11.1 Å². The van der Waals surface area contributed by atoms with Gasteiger partial charge in [-0.3, -0.25) is 9.55 Å². The molecule has 0 aliphatic rings. The summed E-state index contributed by atoms with van der Waals surface area (Å²) in [6.45, 7) is 5.38. The molecule has 3 aromatic heterocycles. The molecule has 27 heavy (non-hydrogen) atoms. The summed E-state index contributed by atoms with van der Waals surface area (Å²) in [5, 5.41) is 11.0. The fourth-order valence-corrected chi connectivity index (χ4v) is 2.94. The van der Waals surface area contributed by atoms with E-state index in [4.69, 9.17) is 10.4 Å². The molecule has 0 fully saturated rings. The largest absolute Gasteiger partial charge is 0.385 e. The van der Waals surface area contributed by atoms with Gasteiger partial charge in [0.15, 0.2) is 17.3 Å². The molecule has 138 valence electrons. The normalized spacial score (nSPS) is 11.4. The summed E-state index contributed by atoms with van der Waals surface area (Å²) in [5.41, 5.74) is 9.97. The first-order valence-corrected chi connectivity index (χ1v) is 8.88. The molecule has 1 aromatic carbocycles. The molecule has 3 N–H and O–H groups in total. The summed E-state index contributed by atoms with van der Waals surface area (Å²) < 4.78 is 6.74. The lowest BCUT2D eigenvalue weighted by molar-refractivity contribution is 0.310. The maximum atomic E-state index is 5.90. The number of nitrogens with two attached hydrogens (primary N) is 1. The number of rotatable bonds is 6. The number of hydrogen-bond donors (Lipinski definition) is 2. The molecular formula is C19H21N7O. The van der Waals surface area contributed by atoms with Gasteiger partial charge in [0.05, 0.1) is 11.7 Å². The molecule has 3 heterocycles. The topological polar surface area (TPSA) is 108 Å². The highest BCUT2D eigenvalue weighted by atomic mass is 16.6. The van der Waals surface area contributed by atoms with Crippen molar-refractivity contribution in [3.8, 4) is 17.2 Å². The van der Waals surface area contributed by atoms with Crippen LogP contribution >= 0.6 is 0 Å². The number of fused-ring (bicyclic) bond motifs is 1. The highest BCUT2D eigenvalue weighted by Crippen LogP contribution is 2.29. The van der Waals surface area contributed by atoms with Crippen molar-refractivity contribution in [1.29, 1.82) is 0 Å². The molecule has 0 aliphatic heterocycles. The summed E-state index contributed by atoms with van der Waals surface area (Å²) in [6, 6.07) is 10.1. The van der Waals surface area contributed by atoms with Crippen LogP contribution in [0.5, 0.6) is 0 Å². The lowest BCUT2D eigenvalue weighted by Gasteiger charge is -2.11. The van der Waals surface area contributed by atoms with Gasteiger partial charge >= 0.3 is 0 Å². The van der Waals surface area contributed by atoms with Crippen molar-refractivity contribution < 1.29 is 4.63 Å². The average Bonchev–Trinajstić information content (AvgIpc) is 3.25. The monoisotopic (exact) mass is 363 g/mol. The second kappa shape index (κ2) is 7.06. The van der Waals surface area contributed by atoms with Crippen molar-refractivity contribution in [3.63, 3.8) is 0 Å². The fourth-order valence-electron chi connectivity index (χ4n) is 2.94. The van der Waals surface area contributed by atoms with E-state index in [9.17, 15) is 0 Å². The Morgan fingerprint density at radius 1 is 1.15 bits per heavy atom. The van der Waals surface area contributed by atoms with Crippen molar-refractivity contribution >= 4 is 22.5 Å². The quantitative estimate of drug-likeness (QED) is 0.539. The number of nitrogen functional groups attached to an aromatic ring is 1. The van der Waals surface area contributed by atoms with E-state index >= 15 is 0 Å². The van der Waals surface area contributed by atoms with Gasteiger partial charge in [-0.25, -0.2) is 9.61 Å². The number of nitrogens with zero attached hydrogens (tertiary/aromatic N) is 5. The van der Waals surface area contributed by atoms with E-state index in [1.165, 1.54) is 0 Å². The Hall–Kier alpha value is -3.42. The van der Waals surface area contributed by atoms with Gasteiger partial charge in [-0.15, -0.1) is 0 Å². The molecule has 0 bridgehead atoms. The SMILES string of the molecule is CC(C)CCNc1ccc(-n2c(-c3nonc3N)nc3cnccc32)cc1.